The molecule has 0 rings (SSSR count). The lowest BCUT2D eigenvalue weighted by atomic mass is 9.98. The van der Waals surface area contributed by atoms with Crippen LogP contribution in [0.2, 0.25) is 0 Å². The van der Waals surface area contributed by atoms with Gasteiger partial charge in [0, 0.05) is 12.0 Å². The lowest BCUT2D eigenvalue weighted by Crippen LogP contribution is -2.31. The quantitative estimate of drug-likeness (QED) is 0.721. The molecule has 0 aliphatic rings. The number of hydrogen-bond acceptors (Lipinski definition) is 3. The zero-order valence-corrected chi connectivity index (χ0v) is 8.98. The van der Waals surface area contributed by atoms with Crippen molar-refractivity contribution in [3.05, 3.63) is 0 Å². The van der Waals surface area contributed by atoms with Crippen LogP contribution in [-0.2, 0) is 9.84 Å². The zero-order chi connectivity index (χ0) is 9.99. The van der Waals surface area contributed by atoms with Crippen molar-refractivity contribution in [3.63, 3.8) is 0 Å². The molecule has 0 amide bonds. The first-order valence-corrected chi connectivity index (χ1v) is 5.75. The monoisotopic (exact) mass is 194 g/mol. The molecular formula is C8H18O3S. The Balaban J connectivity index is 4.47. The Hall–Kier alpha value is -0.0900. The molecule has 0 radical (unpaired) electrons. The predicted molar refractivity (Wildman–Crippen MR) is 49.8 cm³/mol. The largest absolute Gasteiger partial charge is 0.396 e. The van der Waals surface area contributed by atoms with Crippen LogP contribution in [0.3, 0.4) is 0 Å². The van der Waals surface area contributed by atoms with E-state index >= 15 is 0 Å². The minimum atomic E-state index is -3.03. The Labute approximate surface area is 74.7 Å². The third-order valence-electron chi connectivity index (χ3n) is 1.74. The van der Waals surface area contributed by atoms with Crippen LogP contribution < -0.4 is 0 Å². The lowest BCUT2D eigenvalue weighted by molar-refractivity contribution is 0.178. The summed E-state index contributed by atoms with van der Waals surface area (Å²) in [4.78, 5) is 0. The molecule has 0 aromatic carbocycles. The van der Waals surface area contributed by atoms with Crippen LogP contribution in [0.1, 0.15) is 27.7 Å². The van der Waals surface area contributed by atoms with E-state index in [9.17, 15) is 8.42 Å². The van der Waals surface area contributed by atoms with Crippen LogP contribution in [0.4, 0.5) is 0 Å². The van der Waals surface area contributed by atoms with Crippen molar-refractivity contribution in [1.82, 2.24) is 0 Å². The summed E-state index contributed by atoms with van der Waals surface area (Å²) in [7, 11) is -3.03. The maximum Gasteiger partial charge on any atom is 0.153 e. The van der Waals surface area contributed by atoms with Crippen molar-refractivity contribution in [1.29, 1.82) is 0 Å². The van der Waals surface area contributed by atoms with Crippen LogP contribution in [0.25, 0.3) is 0 Å². The fourth-order valence-corrected chi connectivity index (χ4v) is 2.27. The summed E-state index contributed by atoms with van der Waals surface area (Å²) in [6, 6.07) is 0. The molecule has 0 saturated carbocycles. The summed E-state index contributed by atoms with van der Waals surface area (Å²) in [5, 5.41) is 8.52. The van der Waals surface area contributed by atoms with Crippen LogP contribution >= 0.6 is 0 Å². The maximum absolute atomic E-state index is 11.4. The van der Waals surface area contributed by atoms with E-state index in [1.54, 1.807) is 27.7 Å². The molecule has 0 aliphatic heterocycles. The van der Waals surface area contributed by atoms with E-state index in [-0.39, 0.29) is 17.6 Å². The summed E-state index contributed by atoms with van der Waals surface area (Å²) in [6.45, 7) is 6.70. The molecule has 0 aromatic heterocycles. The number of rotatable bonds is 4. The molecule has 12 heavy (non-hydrogen) atoms. The van der Waals surface area contributed by atoms with Gasteiger partial charge in [0.05, 0.1) is 11.0 Å². The number of aliphatic hydroxyl groups is 1. The van der Waals surface area contributed by atoms with Gasteiger partial charge in [-0.05, 0) is 13.8 Å². The van der Waals surface area contributed by atoms with Crippen molar-refractivity contribution >= 4 is 9.84 Å². The highest BCUT2D eigenvalue weighted by molar-refractivity contribution is 7.92. The lowest BCUT2D eigenvalue weighted by Gasteiger charge is -2.22. The Kier molecular flexibility index (Phi) is 3.72. The molecule has 0 unspecified atom stereocenters. The summed E-state index contributed by atoms with van der Waals surface area (Å²) in [6.07, 6.45) is 0. The number of aliphatic hydroxyl groups excluding tert-OH is 1. The van der Waals surface area contributed by atoms with Crippen molar-refractivity contribution in [2.24, 2.45) is 5.41 Å². The molecule has 0 bridgehead atoms. The molecular weight excluding hydrogens is 176 g/mol. The first-order valence-electron chi connectivity index (χ1n) is 4.04. The second-order valence-electron chi connectivity index (χ2n) is 4.18. The molecule has 0 spiro atoms. The Morgan fingerprint density at radius 3 is 2.00 bits per heavy atom. The first kappa shape index (κ1) is 11.9. The standard InChI is InChI=1S/C8H18O3S/c1-7(2)12(10,11)6-8(3,4)5-9/h7,9H,5-6H2,1-4H3. The van der Waals surface area contributed by atoms with Crippen molar-refractivity contribution in [2.75, 3.05) is 12.4 Å². The SMILES string of the molecule is CC(C)S(=O)(=O)CC(C)(C)CO. The van der Waals surface area contributed by atoms with Gasteiger partial charge in [0.1, 0.15) is 0 Å². The third-order valence-corrected chi connectivity index (χ3v) is 4.36. The smallest absolute Gasteiger partial charge is 0.153 e. The number of hydrogen-bond donors (Lipinski definition) is 1. The van der Waals surface area contributed by atoms with Crippen LogP contribution in [-0.4, -0.2) is 31.1 Å². The maximum atomic E-state index is 11.4. The van der Waals surface area contributed by atoms with Gasteiger partial charge < -0.3 is 5.11 Å². The molecule has 0 fully saturated rings. The highest BCUT2D eigenvalue weighted by Crippen LogP contribution is 2.19. The van der Waals surface area contributed by atoms with Crippen LogP contribution in [0.5, 0.6) is 0 Å². The van der Waals surface area contributed by atoms with E-state index < -0.39 is 15.3 Å². The fourth-order valence-electron chi connectivity index (χ4n) is 0.757. The highest BCUT2D eigenvalue weighted by atomic mass is 32.2. The van der Waals surface area contributed by atoms with Crippen molar-refractivity contribution in [2.45, 2.75) is 32.9 Å². The molecule has 1 N–H and O–H groups in total. The van der Waals surface area contributed by atoms with Gasteiger partial charge in [-0.1, -0.05) is 13.8 Å². The fraction of sp³-hybridized carbons (Fsp3) is 1.00. The van der Waals surface area contributed by atoms with Gasteiger partial charge in [-0.15, -0.1) is 0 Å². The molecule has 4 heteroatoms. The van der Waals surface area contributed by atoms with E-state index in [1.807, 2.05) is 0 Å². The van der Waals surface area contributed by atoms with E-state index in [4.69, 9.17) is 5.11 Å². The van der Waals surface area contributed by atoms with E-state index in [0.717, 1.165) is 0 Å². The molecule has 3 nitrogen and oxygen atoms in total. The second-order valence-corrected chi connectivity index (χ2v) is 6.74. The third kappa shape index (κ3) is 3.54. The van der Waals surface area contributed by atoms with Gasteiger partial charge in [0.15, 0.2) is 9.84 Å². The topological polar surface area (TPSA) is 54.4 Å². The highest BCUT2D eigenvalue weighted by Gasteiger charge is 2.27. The van der Waals surface area contributed by atoms with E-state index in [1.165, 1.54) is 0 Å². The van der Waals surface area contributed by atoms with Gasteiger partial charge in [-0.3, -0.25) is 0 Å². The van der Waals surface area contributed by atoms with Crippen molar-refractivity contribution in [3.8, 4) is 0 Å². The molecule has 74 valence electrons. The first-order chi connectivity index (χ1) is 5.21. The molecule has 0 atom stereocenters. The minimum Gasteiger partial charge on any atom is -0.396 e. The average molecular weight is 194 g/mol. The van der Waals surface area contributed by atoms with Gasteiger partial charge in [0.25, 0.3) is 0 Å². The van der Waals surface area contributed by atoms with Gasteiger partial charge >= 0.3 is 0 Å². The Morgan fingerprint density at radius 1 is 1.33 bits per heavy atom. The van der Waals surface area contributed by atoms with Gasteiger partial charge in [-0.25, -0.2) is 8.42 Å². The normalized spacial score (nSPS) is 13.8. The molecule has 0 saturated heterocycles. The van der Waals surface area contributed by atoms with Crippen LogP contribution in [0.15, 0.2) is 0 Å². The Morgan fingerprint density at radius 2 is 1.75 bits per heavy atom. The van der Waals surface area contributed by atoms with Crippen LogP contribution in [0, 0.1) is 5.41 Å². The van der Waals surface area contributed by atoms with Crippen molar-refractivity contribution < 1.29 is 13.5 Å². The molecule has 0 aromatic rings. The summed E-state index contributed by atoms with van der Waals surface area (Å²) in [5.41, 5.74) is -0.525. The molecule has 0 aliphatic carbocycles. The predicted octanol–water partition coefficient (Wildman–Crippen LogP) is 0.828. The molecule has 0 heterocycles. The van der Waals surface area contributed by atoms with Gasteiger partial charge in [0.2, 0.25) is 0 Å². The minimum absolute atomic E-state index is 0.0498. The zero-order valence-electron chi connectivity index (χ0n) is 8.16. The summed E-state index contributed by atoms with van der Waals surface area (Å²) >= 11 is 0. The Bertz CT molecular complexity index is 227. The van der Waals surface area contributed by atoms with E-state index in [2.05, 4.69) is 0 Å². The number of sulfone groups is 1. The summed E-state index contributed by atoms with van der Waals surface area (Å²) in [5.74, 6) is 0.0498. The average Bonchev–Trinajstić information content (AvgIpc) is 1.85. The second kappa shape index (κ2) is 3.75. The van der Waals surface area contributed by atoms with Gasteiger partial charge in [-0.2, -0.15) is 0 Å². The summed E-state index contributed by atoms with van der Waals surface area (Å²) < 4.78 is 22.8. The van der Waals surface area contributed by atoms with E-state index in [0.29, 0.717) is 0 Å².